The minimum Gasteiger partial charge on any atom is -0.418 e. The lowest BCUT2D eigenvalue weighted by atomic mass is 10.1. The Bertz CT molecular complexity index is 759. The van der Waals surface area contributed by atoms with E-state index in [9.17, 15) is 8.78 Å². The standard InChI is InChI=1S/C15H11F2N3O/c16-11-8-4-7-10(12(11)17)14-19-20-15(21-14)13(18)9-5-2-1-3-6-9/h1-8,13H,18H2. The summed E-state index contributed by atoms with van der Waals surface area (Å²) in [4.78, 5) is 0. The van der Waals surface area contributed by atoms with Crippen molar-refractivity contribution in [1.29, 1.82) is 0 Å². The number of hydrogen-bond donors (Lipinski definition) is 1. The molecule has 1 atom stereocenters. The molecule has 2 N–H and O–H groups in total. The molecule has 21 heavy (non-hydrogen) atoms. The minimum atomic E-state index is -1.03. The Balaban J connectivity index is 1.95. The molecule has 0 fully saturated rings. The second-order valence-corrected chi connectivity index (χ2v) is 4.44. The molecule has 0 aliphatic rings. The maximum atomic E-state index is 13.7. The molecule has 0 saturated carbocycles. The van der Waals surface area contributed by atoms with Crippen LogP contribution in [0.25, 0.3) is 11.5 Å². The van der Waals surface area contributed by atoms with Crippen molar-refractivity contribution in [3.63, 3.8) is 0 Å². The number of hydrogen-bond acceptors (Lipinski definition) is 4. The molecule has 0 amide bonds. The zero-order valence-electron chi connectivity index (χ0n) is 10.8. The maximum absolute atomic E-state index is 13.7. The smallest absolute Gasteiger partial charge is 0.250 e. The highest BCUT2D eigenvalue weighted by Crippen LogP contribution is 2.26. The van der Waals surface area contributed by atoms with Gasteiger partial charge in [0.2, 0.25) is 5.89 Å². The zero-order chi connectivity index (χ0) is 14.8. The molecule has 0 radical (unpaired) electrons. The molecule has 3 aromatic rings. The van der Waals surface area contributed by atoms with Gasteiger partial charge in [0.1, 0.15) is 6.04 Å². The molecule has 1 heterocycles. The molecule has 6 heteroatoms. The molecule has 0 bridgehead atoms. The molecule has 0 saturated heterocycles. The van der Waals surface area contributed by atoms with Gasteiger partial charge < -0.3 is 10.2 Å². The highest BCUT2D eigenvalue weighted by atomic mass is 19.2. The fourth-order valence-corrected chi connectivity index (χ4v) is 1.94. The lowest BCUT2D eigenvalue weighted by Gasteiger charge is -2.06. The SMILES string of the molecule is NC(c1ccccc1)c1nnc(-c2cccc(F)c2F)o1. The molecule has 1 aromatic heterocycles. The van der Waals surface area contributed by atoms with Crippen molar-refractivity contribution >= 4 is 0 Å². The number of halogens is 2. The second kappa shape index (κ2) is 5.41. The topological polar surface area (TPSA) is 64.9 Å². The van der Waals surface area contributed by atoms with Crippen molar-refractivity contribution in [2.45, 2.75) is 6.04 Å². The van der Waals surface area contributed by atoms with Crippen LogP contribution in [0, 0.1) is 11.6 Å². The summed E-state index contributed by atoms with van der Waals surface area (Å²) in [5.74, 6) is -1.96. The molecule has 106 valence electrons. The van der Waals surface area contributed by atoms with Crippen LogP contribution < -0.4 is 5.73 Å². The number of nitrogens with zero attached hydrogens (tertiary/aromatic N) is 2. The van der Waals surface area contributed by atoms with Crippen molar-refractivity contribution in [2.24, 2.45) is 5.73 Å². The Morgan fingerprint density at radius 2 is 1.71 bits per heavy atom. The molecule has 2 aromatic carbocycles. The van der Waals surface area contributed by atoms with Gasteiger partial charge in [-0.25, -0.2) is 8.78 Å². The third kappa shape index (κ3) is 2.53. The fraction of sp³-hybridized carbons (Fsp3) is 0.0667. The van der Waals surface area contributed by atoms with Crippen LogP contribution >= 0.6 is 0 Å². The summed E-state index contributed by atoms with van der Waals surface area (Å²) >= 11 is 0. The number of rotatable bonds is 3. The summed E-state index contributed by atoms with van der Waals surface area (Å²) in [5.41, 5.74) is 6.71. The van der Waals surface area contributed by atoms with E-state index >= 15 is 0 Å². The van der Waals surface area contributed by atoms with Gasteiger partial charge in [-0.1, -0.05) is 36.4 Å². The molecular weight excluding hydrogens is 276 g/mol. The van der Waals surface area contributed by atoms with E-state index in [0.717, 1.165) is 11.6 Å². The normalized spacial score (nSPS) is 12.3. The number of aromatic nitrogens is 2. The van der Waals surface area contributed by atoms with Gasteiger partial charge in [0, 0.05) is 0 Å². The predicted molar refractivity (Wildman–Crippen MR) is 72.1 cm³/mol. The number of benzene rings is 2. The van der Waals surface area contributed by atoms with E-state index in [1.165, 1.54) is 12.1 Å². The van der Waals surface area contributed by atoms with E-state index in [0.29, 0.717) is 0 Å². The Hall–Kier alpha value is -2.60. The molecule has 1 unspecified atom stereocenters. The van der Waals surface area contributed by atoms with Gasteiger partial charge in [0.15, 0.2) is 11.6 Å². The van der Waals surface area contributed by atoms with Crippen LogP contribution in [0.15, 0.2) is 52.9 Å². The Morgan fingerprint density at radius 3 is 2.48 bits per heavy atom. The molecule has 3 rings (SSSR count). The van der Waals surface area contributed by atoms with Crippen LogP contribution in [-0.2, 0) is 0 Å². The molecule has 4 nitrogen and oxygen atoms in total. The molecule has 0 aliphatic heterocycles. The average Bonchev–Trinajstić information content (AvgIpc) is 3.00. The first-order valence-electron chi connectivity index (χ1n) is 6.25. The quantitative estimate of drug-likeness (QED) is 0.804. The van der Waals surface area contributed by atoms with Crippen LogP contribution in [-0.4, -0.2) is 10.2 Å². The highest BCUT2D eigenvalue weighted by molar-refractivity contribution is 5.53. The van der Waals surface area contributed by atoms with Crippen LogP contribution in [0.2, 0.25) is 0 Å². The zero-order valence-corrected chi connectivity index (χ0v) is 10.8. The Kier molecular flexibility index (Phi) is 3.45. The van der Waals surface area contributed by atoms with Crippen molar-refractivity contribution in [3.8, 4) is 11.5 Å². The van der Waals surface area contributed by atoms with Crippen LogP contribution in [0.4, 0.5) is 8.78 Å². The van der Waals surface area contributed by atoms with Gasteiger partial charge in [-0.3, -0.25) is 0 Å². The van der Waals surface area contributed by atoms with E-state index in [4.69, 9.17) is 10.2 Å². The fourth-order valence-electron chi connectivity index (χ4n) is 1.94. The summed E-state index contributed by atoms with van der Waals surface area (Å²) in [6, 6.07) is 12.3. The monoisotopic (exact) mass is 287 g/mol. The summed E-state index contributed by atoms with van der Waals surface area (Å²) in [6.45, 7) is 0. The van der Waals surface area contributed by atoms with Gasteiger partial charge in [-0.15, -0.1) is 10.2 Å². The average molecular weight is 287 g/mol. The predicted octanol–water partition coefficient (Wildman–Crippen LogP) is 3.06. The lowest BCUT2D eigenvalue weighted by Crippen LogP contribution is -2.11. The van der Waals surface area contributed by atoms with Crippen molar-refractivity contribution < 1.29 is 13.2 Å². The Labute approximate surface area is 119 Å². The third-order valence-corrected chi connectivity index (χ3v) is 3.05. The van der Waals surface area contributed by atoms with Gasteiger partial charge in [0.05, 0.1) is 5.56 Å². The first kappa shape index (κ1) is 13.4. The second-order valence-electron chi connectivity index (χ2n) is 4.44. The molecule has 0 aliphatic carbocycles. The van der Waals surface area contributed by atoms with E-state index in [-0.39, 0.29) is 17.3 Å². The number of nitrogens with two attached hydrogens (primary N) is 1. The van der Waals surface area contributed by atoms with Crippen LogP contribution in [0.3, 0.4) is 0 Å². The van der Waals surface area contributed by atoms with E-state index in [1.807, 2.05) is 30.3 Å². The highest BCUT2D eigenvalue weighted by Gasteiger charge is 2.19. The first-order valence-corrected chi connectivity index (χ1v) is 6.25. The maximum Gasteiger partial charge on any atom is 0.250 e. The van der Waals surface area contributed by atoms with Crippen molar-refractivity contribution in [3.05, 3.63) is 71.6 Å². The van der Waals surface area contributed by atoms with Gasteiger partial charge in [0.25, 0.3) is 5.89 Å². The Morgan fingerprint density at radius 1 is 0.952 bits per heavy atom. The largest absolute Gasteiger partial charge is 0.418 e. The van der Waals surface area contributed by atoms with E-state index in [2.05, 4.69) is 10.2 Å². The van der Waals surface area contributed by atoms with E-state index < -0.39 is 17.7 Å². The van der Waals surface area contributed by atoms with E-state index in [1.54, 1.807) is 0 Å². The summed E-state index contributed by atoms with van der Waals surface area (Å²) in [5, 5.41) is 7.54. The molecular formula is C15H11F2N3O. The van der Waals surface area contributed by atoms with Crippen LogP contribution in [0.1, 0.15) is 17.5 Å². The van der Waals surface area contributed by atoms with Crippen molar-refractivity contribution in [2.75, 3.05) is 0 Å². The van der Waals surface area contributed by atoms with Crippen LogP contribution in [0.5, 0.6) is 0 Å². The van der Waals surface area contributed by atoms with Gasteiger partial charge >= 0.3 is 0 Å². The lowest BCUT2D eigenvalue weighted by molar-refractivity contribution is 0.473. The summed E-state index contributed by atoms with van der Waals surface area (Å²) < 4.78 is 32.3. The summed E-state index contributed by atoms with van der Waals surface area (Å²) in [6.07, 6.45) is 0. The third-order valence-electron chi connectivity index (χ3n) is 3.05. The molecule has 0 spiro atoms. The minimum absolute atomic E-state index is 0.0889. The first-order chi connectivity index (χ1) is 10.2. The van der Waals surface area contributed by atoms with Gasteiger partial charge in [-0.2, -0.15) is 0 Å². The summed E-state index contributed by atoms with van der Waals surface area (Å²) in [7, 11) is 0. The van der Waals surface area contributed by atoms with Gasteiger partial charge in [-0.05, 0) is 17.7 Å². The van der Waals surface area contributed by atoms with Crippen molar-refractivity contribution in [1.82, 2.24) is 10.2 Å².